The molecule has 174 valence electrons. The lowest BCUT2D eigenvalue weighted by molar-refractivity contribution is -0.123. The van der Waals surface area contributed by atoms with Crippen molar-refractivity contribution in [3.8, 4) is 5.75 Å². The zero-order valence-electron chi connectivity index (χ0n) is 20.1. The van der Waals surface area contributed by atoms with E-state index in [-0.39, 0.29) is 36.2 Å². The number of allylic oxidation sites excluding steroid dienone is 1. The quantitative estimate of drug-likeness (QED) is 0.274. The van der Waals surface area contributed by atoms with Crippen LogP contribution in [0, 0.1) is 0 Å². The summed E-state index contributed by atoms with van der Waals surface area (Å²) in [7, 11) is -3.52. The molecule has 0 aliphatic heterocycles. The van der Waals surface area contributed by atoms with Gasteiger partial charge in [-0.15, -0.1) is 0 Å². The van der Waals surface area contributed by atoms with Crippen molar-refractivity contribution in [2.24, 2.45) is 0 Å². The summed E-state index contributed by atoms with van der Waals surface area (Å²) in [5, 5.41) is 10.8. The molecule has 1 N–H and O–H groups in total. The highest BCUT2D eigenvalue weighted by Gasteiger charge is 2.28. The molecule has 0 atom stereocenters. The highest BCUT2D eigenvalue weighted by molar-refractivity contribution is 7.54. The summed E-state index contributed by atoms with van der Waals surface area (Å²) in [5.41, 5.74) is 1.78. The molecular weight excluding hydrogens is 415 g/mol. The number of hydrogen-bond acceptors (Lipinski definition) is 6. The van der Waals surface area contributed by atoms with E-state index in [1.54, 1.807) is 19.9 Å². The van der Waals surface area contributed by atoms with E-state index in [2.05, 4.69) is 0 Å². The van der Waals surface area contributed by atoms with Crippen molar-refractivity contribution in [3.05, 3.63) is 34.9 Å². The van der Waals surface area contributed by atoms with Gasteiger partial charge in [0.25, 0.3) is 0 Å². The first kappa shape index (κ1) is 27.3. The molecule has 0 aliphatic carbocycles. The Morgan fingerprint density at radius 2 is 1.42 bits per heavy atom. The number of ketones is 2. The molecule has 0 heterocycles. The summed E-state index contributed by atoms with van der Waals surface area (Å²) in [6.07, 6.45) is 2.19. The standard InChI is InChI=1S/C24H37O6P/c1-9-29-31(28,30-10-2)16-19(26)15-18(25)12-11-17-13-20(23(3,4)5)22(27)21(14-17)24(6,7)8/h11-14,27H,9-10,15-16H2,1-8H3. The molecule has 0 saturated carbocycles. The van der Waals surface area contributed by atoms with E-state index in [1.165, 1.54) is 6.08 Å². The fraction of sp³-hybridized carbons (Fsp3) is 0.583. The number of Topliss-reactive ketones (excluding diaryl/α,β-unsaturated/α-hetero) is 1. The van der Waals surface area contributed by atoms with Crippen LogP contribution in [0.25, 0.3) is 6.08 Å². The second-order valence-corrected chi connectivity index (χ2v) is 11.6. The highest BCUT2D eigenvalue weighted by atomic mass is 31.2. The van der Waals surface area contributed by atoms with E-state index < -0.39 is 25.3 Å². The largest absolute Gasteiger partial charge is 0.507 e. The van der Waals surface area contributed by atoms with Gasteiger partial charge < -0.3 is 14.2 Å². The van der Waals surface area contributed by atoms with E-state index in [4.69, 9.17) is 9.05 Å². The van der Waals surface area contributed by atoms with Crippen LogP contribution in [0.2, 0.25) is 0 Å². The summed E-state index contributed by atoms with van der Waals surface area (Å²) >= 11 is 0. The van der Waals surface area contributed by atoms with Gasteiger partial charge in [0, 0.05) is 11.1 Å². The number of benzene rings is 1. The molecule has 1 aromatic carbocycles. The molecule has 31 heavy (non-hydrogen) atoms. The molecule has 1 rings (SSSR count). The van der Waals surface area contributed by atoms with Crippen LogP contribution in [0.4, 0.5) is 0 Å². The Morgan fingerprint density at radius 3 is 1.81 bits per heavy atom. The lowest BCUT2D eigenvalue weighted by Gasteiger charge is -2.27. The molecule has 7 heteroatoms. The van der Waals surface area contributed by atoms with E-state index in [1.807, 2.05) is 53.7 Å². The fourth-order valence-electron chi connectivity index (χ4n) is 3.13. The fourth-order valence-corrected chi connectivity index (χ4v) is 4.72. The molecule has 6 nitrogen and oxygen atoms in total. The Bertz CT molecular complexity index is 826. The van der Waals surface area contributed by atoms with Gasteiger partial charge in [-0.2, -0.15) is 0 Å². The number of phenols is 1. The molecule has 0 fully saturated rings. The average molecular weight is 453 g/mol. The van der Waals surface area contributed by atoms with E-state index in [9.17, 15) is 19.3 Å². The number of carbonyl (C=O) groups excluding carboxylic acids is 2. The van der Waals surface area contributed by atoms with Gasteiger partial charge in [-0.1, -0.05) is 47.6 Å². The van der Waals surface area contributed by atoms with Gasteiger partial charge in [-0.05, 0) is 48.4 Å². The minimum Gasteiger partial charge on any atom is -0.507 e. The van der Waals surface area contributed by atoms with E-state index in [0.717, 1.165) is 16.7 Å². The first-order valence-electron chi connectivity index (χ1n) is 10.6. The Kier molecular flexibility index (Phi) is 9.43. The van der Waals surface area contributed by atoms with Crippen molar-refractivity contribution in [3.63, 3.8) is 0 Å². The minimum atomic E-state index is -3.52. The molecule has 0 aliphatic rings. The van der Waals surface area contributed by atoms with Gasteiger partial charge in [-0.25, -0.2) is 0 Å². The lowest BCUT2D eigenvalue weighted by atomic mass is 9.78. The van der Waals surface area contributed by atoms with Crippen LogP contribution < -0.4 is 0 Å². The summed E-state index contributed by atoms with van der Waals surface area (Å²) in [6, 6.07) is 3.71. The van der Waals surface area contributed by atoms with Crippen LogP contribution in [0.15, 0.2) is 18.2 Å². The molecular formula is C24H37O6P. The number of rotatable bonds is 10. The third-order valence-electron chi connectivity index (χ3n) is 4.60. The third-order valence-corrected chi connectivity index (χ3v) is 6.65. The monoisotopic (exact) mass is 452 g/mol. The van der Waals surface area contributed by atoms with Crippen molar-refractivity contribution < 1.29 is 28.3 Å². The molecule has 0 radical (unpaired) electrons. The van der Waals surface area contributed by atoms with Gasteiger partial charge >= 0.3 is 7.60 Å². The SMILES string of the molecule is CCOP(=O)(CC(=O)CC(=O)C=Cc1cc(C(C)(C)C)c(O)c(C(C)(C)C)c1)OCC. The van der Waals surface area contributed by atoms with E-state index >= 15 is 0 Å². The second kappa shape index (κ2) is 10.7. The zero-order valence-corrected chi connectivity index (χ0v) is 21.0. The van der Waals surface area contributed by atoms with Crippen molar-refractivity contribution >= 4 is 25.2 Å². The Hall–Kier alpha value is -1.75. The first-order chi connectivity index (χ1) is 14.1. The van der Waals surface area contributed by atoms with Crippen molar-refractivity contribution in [1.29, 1.82) is 0 Å². The number of phenolic OH excluding ortho intramolecular Hbond substituents is 1. The van der Waals surface area contributed by atoms with Crippen LogP contribution in [0.5, 0.6) is 5.75 Å². The van der Waals surface area contributed by atoms with E-state index in [0.29, 0.717) is 0 Å². The van der Waals surface area contributed by atoms with Crippen LogP contribution in [-0.2, 0) is 34.0 Å². The molecule has 0 amide bonds. The van der Waals surface area contributed by atoms with Crippen LogP contribution >= 0.6 is 7.60 Å². The maximum absolute atomic E-state index is 12.5. The lowest BCUT2D eigenvalue weighted by Crippen LogP contribution is -2.17. The maximum atomic E-state index is 12.5. The number of carbonyl (C=O) groups is 2. The molecule has 0 aromatic heterocycles. The van der Waals surface area contributed by atoms with Crippen LogP contribution in [0.1, 0.15) is 78.5 Å². The molecule has 1 aromatic rings. The maximum Gasteiger partial charge on any atom is 0.338 e. The number of hydrogen-bond donors (Lipinski definition) is 1. The Labute approximate surface area is 186 Å². The molecule has 0 spiro atoms. The minimum absolute atomic E-state index is 0.158. The highest BCUT2D eigenvalue weighted by Crippen LogP contribution is 2.48. The average Bonchev–Trinajstić information content (AvgIpc) is 2.58. The normalized spacial score (nSPS) is 13.0. The predicted molar refractivity (Wildman–Crippen MR) is 125 cm³/mol. The van der Waals surface area contributed by atoms with Gasteiger partial charge in [0.05, 0.1) is 19.6 Å². The summed E-state index contributed by atoms with van der Waals surface area (Å²) in [4.78, 5) is 24.6. The summed E-state index contributed by atoms with van der Waals surface area (Å²) in [6.45, 7) is 15.7. The van der Waals surface area contributed by atoms with Crippen molar-refractivity contribution in [1.82, 2.24) is 0 Å². The Morgan fingerprint density at radius 1 is 0.968 bits per heavy atom. The van der Waals surface area contributed by atoms with Crippen molar-refractivity contribution in [2.75, 3.05) is 19.4 Å². The topological polar surface area (TPSA) is 89.9 Å². The summed E-state index contributed by atoms with van der Waals surface area (Å²) in [5.74, 6) is -0.621. The molecule has 0 bridgehead atoms. The predicted octanol–water partition coefficient (Wildman–Crippen LogP) is 5.79. The van der Waals surface area contributed by atoms with Crippen LogP contribution in [-0.4, -0.2) is 36.0 Å². The van der Waals surface area contributed by atoms with Gasteiger partial charge in [0.1, 0.15) is 11.9 Å². The first-order valence-corrected chi connectivity index (χ1v) is 12.3. The smallest absolute Gasteiger partial charge is 0.338 e. The van der Waals surface area contributed by atoms with Gasteiger partial charge in [0.2, 0.25) is 0 Å². The number of aromatic hydroxyl groups is 1. The van der Waals surface area contributed by atoms with Gasteiger partial charge in [-0.3, -0.25) is 14.2 Å². The molecule has 0 saturated heterocycles. The summed E-state index contributed by atoms with van der Waals surface area (Å²) < 4.78 is 22.7. The molecule has 0 unspecified atom stereocenters. The van der Waals surface area contributed by atoms with Crippen LogP contribution in [0.3, 0.4) is 0 Å². The zero-order chi connectivity index (χ0) is 24.0. The second-order valence-electron chi connectivity index (χ2n) is 9.58. The van der Waals surface area contributed by atoms with Gasteiger partial charge in [0.15, 0.2) is 11.6 Å². The third kappa shape index (κ3) is 8.36. The van der Waals surface area contributed by atoms with Crippen molar-refractivity contribution in [2.45, 2.75) is 72.6 Å². The Balaban J connectivity index is 3.07.